The third-order valence-electron chi connectivity index (χ3n) is 1.85. The first kappa shape index (κ1) is 17.2. The monoisotopic (exact) mass is 285 g/mol. The number of hydrogen-bond acceptors (Lipinski definition) is 6. The predicted molar refractivity (Wildman–Crippen MR) is 70.3 cm³/mol. The summed E-state index contributed by atoms with van der Waals surface area (Å²) in [4.78, 5) is 36.4. The molecule has 0 saturated heterocycles. The number of rotatable bonds is 8. The molecule has 104 valence electrons. The highest BCUT2D eigenvalue weighted by atomic mass is 32.2. The Kier molecular flexibility index (Phi) is 9.18. The average molecular weight is 285 g/mol. The number of nitrogens with zero attached hydrogens (tertiary/aromatic N) is 1. The van der Waals surface area contributed by atoms with Crippen LogP contribution in [0.1, 0.15) is 13.3 Å². The van der Waals surface area contributed by atoms with Gasteiger partial charge in [0.1, 0.15) is 0 Å². The van der Waals surface area contributed by atoms with Gasteiger partial charge < -0.3 is 9.47 Å². The van der Waals surface area contributed by atoms with E-state index in [1.54, 1.807) is 6.92 Å². The molecule has 0 aliphatic carbocycles. The molecule has 0 aliphatic rings. The molecular formula is C12H15NO5S. The van der Waals surface area contributed by atoms with Gasteiger partial charge in [0.2, 0.25) is 0 Å². The zero-order chi connectivity index (χ0) is 14.7. The Morgan fingerprint density at radius 1 is 1.47 bits per heavy atom. The summed E-state index contributed by atoms with van der Waals surface area (Å²) < 4.78 is 9.41. The van der Waals surface area contributed by atoms with Crippen molar-refractivity contribution in [2.75, 3.05) is 18.6 Å². The van der Waals surface area contributed by atoms with Crippen molar-refractivity contribution < 1.29 is 23.9 Å². The summed E-state index contributed by atoms with van der Waals surface area (Å²) in [6.45, 7) is 8.58. The maximum atomic E-state index is 11.3. The van der Waals surface area contributed by atoms with Crippen LogP contribution in [-0.2, 0) is 23.9 Å². The van der Waals surface area contributed by atoms with E-state index in [4.69, 9.17) is 11.3 Å². The molecule has 1 unspecified atom stereocenters. The van der Waals surface area contributed by atoms with E-state index in [-0.39, 0.29) is 25.1 Å². The summed E-state index contributed by atoms with van der Waals surface area (Å²) in [5, 5.41) is 0. The van der Waals surface area contributed by atoms with Gasteiger partial charge in [0, 0.05) is 5.75 Å². The number of esters is 2. The lowest BCUT2D eigenvalue weighted by Gasteiger charge is -2.04. The van der Waals surface area contributed by atoms with Gasteiger partial charge in [0.15, 0.2) is 12.0 Å². The van der Waals surface area contributed by atoms with Gasteiger partial charge in [0.25, 0.3) is 0 Å². The highest BCUT2D eigenvalue weighted by Gasteiger charge is 2.24. The van der Waals surface area contributed by atoms with Crippen molar-refractivity contribution in [3.63, 3.8) is 0 Å². The molecule has 0 saturated carbocycles. The molecule has 1 atom stereocenters. The largest absolute Gasteiger partial charge is 0.460 e. The lowest BCUT2D eigenvalue weighted by Crippen LogP contribution is -2.19. The lowest BCUT2D eigenvalue weighted by atomic mass is 10.2. The zero-order valence-corrected chi connectivity index (χ0v) is 11.6. The molecule has 0 rings (SSSR count). The van der Waals surface area contributed by atoms with Crippen LogP contribution in [0.2, 0.25) is 0 Å². The maximum Gasteiger partial charge on any atom is 0.394 e. The minimum Gasteiger partial charge on any atom is -0.460 e. The van der Waals surface area contributed by atoms with Crippen LogP contribution in [0.4, 0.5) is 0 Å². The van der Waals surface area contributed by atoms with E-state index >= 15 is 0 Å². The summed E-state index contributed by atoms with van der Waals surface area (Å²) in [5.41, 5.74) is 0. The number of hydrogen-bond donors (Lipinski definition) is 0. The highest BCUT2D eigenvalue weighted by molar-refractivity contribution is 7.98. The van der Waals surface area contributed by atoms with Crippen molar-refractivity contribution in [3.05, 3.63) is 23.3 Å². The second-order valence-electron chi connectivity index (χ2n) is 3.23. The Hall–Kier alpha value is -1.81. The van der Waals surface area contributed by atoms with Gasteiger partial charge in [-0.3, -0.25) is 14.4 Å². The maximum absolute atomic E-state index is 11.3. The quantitative estimate of drug-likeness (QED) is 0.219. The van der Waals surface area contributed by atoms with Crippen LogP contribution < -0.4 is 0 Å². The Morgan fingerprint density at radius 3 is 2.63 bits per heavy atom. The van der Waals surface area contributed by atoms with Gasteiger partial charge >= 0.3 is 18.0 Å². The predicted octanol–water partition coefficient (Wildman–Crippen LogP) is 1.22. The van der Waals surface area contributed by atoms with E-state index in [1.807, 2.05) is 6.26 Å². The topological polar surface area (TPSA) is 74.0 Å². The number of carbonyl (C=O) groups excluding carboxylic acids is 3. The summed E-state index contributed by atoms with van der Waals surface area (Å²) >= 11 is 1.46. The summed E-state index contributed by atoms with van der Waals surface area (Å²) in [7, 11) is 0. The molecule has 0 aliphatic heterocycles. The summed E-state index contributed by atoms with van der Waals surface area (Å²) in [5.74, 6) is -1.15. The molecule has 0 N–H and O–H groups in total. The molecule has 0 heterocycles. The van der Waals surface area contributed by atoms with Crippen LogP contribution >= 0.6 is 11.8 Å². The van der Waals surface area contributed by atoms with Crippen LogP contribution in [0, 0.1) is 6.57 Å². The standard InChI is InChI=1S/C12H15NO5S/c1-4-17-12(16)10(13-2)7-9(8-14)18-11(15)5-6-19-3/h7-8,10H,4-6H2,1,3H3. The fourth-order valence-electron chi connectivity index (χ4n) is 1.01. The first-order valence-corrected chi connectivity index (χ1v) is 6.88. The van der Waals surface area contributed by atoms with Crippen LogP contribution in [-0.4, -0.2) is 42.9 Å². The van der Waals surface area contributed by atoms with E-state index in [1.165, 1.54) is 11.8 Å². The minimum atomic E-state index is -1.28. The van der Waals surface area contributed by atoms with Crippen LogP contribution in [0.25, 0.3) is 4.85 Å². The second kappa shape index (κ2) is 10.1. The molecular weight excluding hydrogens is 270 g/mol. The van der Waals surface area contributed by atoms with Crippen molar-refractivity contribution in [3.8, 4) is 0 Å². The molecule has 7 heteroatoms. The SMILES string of the molecule is [C-]#[N+]C(C=C(C=O)OC(=O)CCSC)C(=O)OCC. The Labute approximate surface area is 116 Å². The van der Waals surface area contributed by atoms with Crippen LogP contribution in [0.3, 0.4) is 0 Å². The molecule has 0 aromatic heterocycles. The Balaban J connectivity index is 4.68. The lowest BCUT2D eigenvalue weighted by molar-refractivity contribution is -0.143. The second-order valence-corrected chi connectivity index (χ2v) is 4.22. The molecule has 0 aromatic carbocycles. The van der Waals surface area contributed by atoms with Crippen molar-refractivity contribution >= 4 is 30.0 Å². The van der Waals surface area contributed by atoms with Crippen molar-refractivity contribution in [1.82, 2.24) is 0 Å². The van der Waals surface area contributed by atoms with Gasteiger partial charge in [-0.2, -0.15) is 11.8 Å². The molecule has 0 aromatic rings. The van der Waals surface area contributed by atoms with E-state index in [2.05, 4.69) is 9.58 Å². The Bertz CT molecular complexity index is 399. The smallest absolute Gasteiger partial charge is 0.394 e. The van der Waals surface area contributed by atoms with Crippen molar-refractivity contribution in [1.29, 1.82) is 0 Å². The van der Waals surface area contributed by atoms with Gasteiger partial charge in [-0.1, -0.05) is 0 Å². The van der Waals surface area contributed by atoms with E-state index in [0.29, 0.717) is 5.75 Å². The molecule has 0 spiro atoms. The van der Waals surface area contributed by atoms with E-state index in [9.17, 15) is 14.4 Å². The molecule has 0 fully saturated rings. The number of allylic oxidation sites excluding steroid dienone is 1. The zero-order valence-electron chi connectivity index (χ0n) is 10.8. The van der Waals surface area contributed by atoms with Gasteiger partial charge in [0.05, 0.1) is 19.1 Å². The molecule has 0 amide bonds. The first-order chi connectivity index (χ1) is 9.08. The first-order valence-electron chi connectivity index (χ1n) is 5.48. The van der Waals surface area contributed by atoms with Crippen molar-refractivity contribution in [2.24, 2.45) is 0 Å². The number of aldehydes is 1. The van der Waals surface area contributed by atoms with Gasteiger partial charge in [-0.05, 0) is 13.2 Å². The fourth-order valence-corrected chi connectivity index (χ4v) is 1.38. The molecule has 6 nitrogen and oxygen atoms in total. The highest BCUT2D eigenvalue weighted by Crippen LogP contribution is 2.06. The molecule has 19 heavy (non-hydrogen) atoms. The van der Waals surface area contributed by atoms with Crippen LogP contribution in [0.5, 0.6) is 0 Å². The fraction of sp³-hybridized carbons (Fsp3) is 0.500. The minimum absolute atomic E-state index is 0.128. The average Bonchev–Trinajstić information content (AvgIpc) is 2.41. The van der Waals surface area contributed by atoms with E-state index in [0.717, 1.165) is 6.08 Å². The Morgan fingerprint density at radius 2 is 2.16 bits per heavy atom. The number of carbonyl (C=O) groups is 3. The van der Waals surface area contributed by atoms with Crippen LogP contribution in [0.15, 0.2) is 11.8 Å². The summed E-state index contributed by atoms with van der Waals surface area (Å²) in [6.07, 6.45) is 3.25. The molecule has 0 bridgehead atoms. The van der Waals surface area contributed by atoms with Gasteiger partial charge in [-0.25, -0.2) is 11.4 Å². The normalized spacial score (nSPS) is 12.2. The summed E-state index contributed by atoms with van der Waals surface area (Å²) in [6, 6.07) is -1.28. The van der Waals surface area contributed by atoms with Gasteiger partial charge in [-0.15, -0.1) is 0 Å². The third kappa shape index (κ3) is 7.26. The molecule has 0 radical (unpaired) electrons. The van der Waals surface area contributed by atoms with Crippen molar-refractivity contribution in [2.45, 2.75) is 19.4 Å². The number of ether oxygens (including phenoxy) is 2. The van der Waals surface area contributed by atoms with E-state index < -0.39 is 18.0 Å². The number of thioether (sulfide) groups is 1. The third-order valence-corrected chi connectivity index (χ3v) is 2.46.